The summed E-state index contributed by atoms with van der Waals surface area (Å²) >= 11 is 0. The smallest absolute Gasteiger partial charge is 0.115 e. The highest BCUT2D eigenvalue weighted by Crippen LogP contribution is 2.44. The molecular formula is C24H19NO. The van der Waals surface area contributed by atoms with Crippen molar-refractivity contribution in [3.63, 3.8) is 0 Å². The number of nitrogens with one attached hydrogen (secondary N) is 1. The molecule has 0 fully saturated rings. The lowest BCUT2D eigenvalue weighted by atomic mass is 9.82. The van der Waals surface area contributed by atoms with E-state index in [1.54, 1.807) is 6.07 Å². The molecule has 0 radical (unpaired) electrons. The van der Waals surface area contributed by atoms with E-state index in [4.69, 9.17) is 0 Å². The Morgan fingerprint density at radius 3 is 2.65 bits per heavy atom. The highest BCUT2D eigenvalue weighted by Gasteiger charge is 2.27. The van der Waals surface area contributed by atoms with E-state index in [1.807, 2.05) is 12.1 Å². The van der Waals surface area contributed by atoms with E-state index in [2.05, 4.69) is 71.9 Å². The Kier molecular flexibility index (Phi) is 3.42. The first-order valence-electron chi connectivity index (χ1n) is 8.94. The molecule has 0 spiro atoms. The van der Waals surface area contributed by atoms with Gasteiger partial charge in [-0.25, -0.2) is 0 Å². The van der Waals surface area contributed by atoms with Crippen molar-refractivity contribution in [2.24, 2.45) is 0 Å². The first kappa shape index (κ1) is 15.0. The quantitative estimate of drug-likeness (QED) is 0.498. The largest absolute Gasteiger partial charge is 0.508 e. The van der Waals surface area contributed by atoms with Gasteiger partial charge in [-0.3, -0.25) is 0 Å². The third-order valence-electron chi connectivity index (χ3n) is 5.32. The third kappa shape index (κ3) is 2.34. The topological polar surface area (TPSA) is 36.0 Å². The molecule has 0 saturated heterocycles. The van der Waals surface area contributed by atoms with Crippen LogP contribution in [0.1, 0.15) is 28.2 Å². The number of phenolic OH excluding ortho intramolecular Hbond substituents is 1. The number of H-pyrrole nitrogens is 1. The molecule has 1 unspecified atom stereocenters. The van der Waals surface area contributed by atoms with Gasteiger partial charge in [-0.05, 0) is 52.4 Å². The van der Waals surface area contributed by atoms with Crippen LogP contribution in [0.3, 0.4) is 0 Å². The minimum absolute atomic E-state index is 0.0851. The molecule has 5 rings (SSSR count). The summed E-state index contributed by atoms with van der Waals surface area (Å²) in [6.07, 6.45) is 5.41. The zero-order valence-electron chi connectivity index (χ0n) is 14.3. The predicted molar refractivity (Wildman–Crippen MR) is 106 cm³/mol. The molecule has 0 amide bonds. The van der Waals surface area contributed by atoms with Crippen LogP contribution in [0.15, 0.2) is 85.1 Å². The van der Waals surface area contributed by atoms with E-state index in [0.29, 0.717) is 5.75 Å². The summed E-state index contributed by atoms with van der Waals surface area (Å²) in [5.74, 6) is 0.390. The SMILES string of the molecule is Oc1cccc(C(C2=CCc3ccccc32)c2c[nH]c3ccccc23)c1. The maximum Gasteiger partial charge on any atom is 0.115 e. The van der Waals surface area contributed by atoms with Crippen LogP contribution in [-0.2, 0) is 6.42 Å². The van der Waals surface area contributed by atoms with E-state index >= 15 is 0 Å². The average Bonchev–Trinajstić information content (AvgIpc) is 3.28. The van der Waals surface area contributed by atoms with Gasteiger partial charge < -0.3 is 10.1 Å². The normalized spacial score (nSPS) is 14.2. The number of hydrogen-bond acceptors (Lipinski definition) is 1. The van der Waals surface area contributed by atoms with Crippen molar-refractivity contribution in [1.82, 2.24) is 4.98 Å². The van der Waals surface area contributed by atoms with Gasteiger partial charge in [-0.15, -0.1) is 0 Å². The third-order valence-corrected chi connectivity index (χ3v) is 5.32. The number of aromatic hydroxyl groups is 1. The Balaban J connectivity index is 1.75. The lowest BCUT2D eigenvalue weighted by Gasteiger charge is -2.20. The highest BCUT2D eigenvalue weighted by atomic mass is 16.3. The van der Waals surface area contributed by atoms with Crippen molar-refractivity contribution >= 4 is 16.5 Å². The second-order valence-electron chi connectivity index (χ2n) is 6.84. The number of hydrogen-bond donors (Lipinski definition) is 2. The van der Waals surface area contributed by atoms with Crippen LogP contribution in [0.5, 0.6) is 5.75 Å². The molecule has 3 aromatic carbocycles. The Morgan fingerprint density at radius 1 is 0.885 bits per heavy atom. The van der Waals surface area contributed by atoms with Gasteiger partial charge >= 0.3 is 0 Å². The Morgan fingerprint density at radius 2 is 1.73 bits per heavy atom. The number of phenols is 1. The van der Waals surface area contributed by atoms with Gasteiger partial charge in [0.15, 0.2) is 0 Å². The van der Waals surface area contributed by atoms with Crippen LogP contribution < -0.4 is 0 Å². The predicted octanol–water partition coefficient (Wildman–Crippen LogP) is 5.65. The number of allylic oxidation sites excluding steroid dienone is 2. The molecule has 2 heteroatoms. The summed E-state index contributed by atoms with van der Waals surface area (Å²) in [4.78, 5) is 3.41. The number of fused-ring (bicyclic) bond motifs is 2. The van der Waals surface area contributed by atoms with E-state index < -0.39 is 0 Å². The number of rotatable bonds is 3. The molecule has 1 aliphatic carbocycles. The molecular weight excluding hydrogens is 318 g/mol. The molecule has 0 saturated carbocycles. The minimum Gasteiger partial charge on any atom is -0.508 e. The van der Waals surface area contributed by atoms with Crippen molar-refractivity contribution in [3.05, 3.63) is 107 Å². The van der Waals surface area contributed by atoms with E-state index in [9.17, 15) is 5.11 Å². The number of aromatic amines is 1. The second kappa shape index (κ2) is 5.92. The van der Waals surface area contributed by atoms with Crippen LogP contribution in [0.2, 0.25) is 0 Å². The lowest BCUT2D eigenvalue weighted by Crippen LogP contribution is -2.03. The van der Waals surface area contributed by atoms with E-state index in [-0.39, 0.29) is 5.92 Å². The van der Waals surface area contributed by atoms with Gasteiger partial charge in [0.05, 0.1) is 0 Å². The highest BCUT2D eigenvalue weighted by molar-refractivity contribution is 5.90. The summed E-state index contributed by atoms with van der Waals surface area (Å²) in [7, 11) is 0. The van der Waals surface area contributed by atoms with Crippen molar-refractivity contribution in [3.8, 4) is 5.75 Å². The fraction of sp³-hybridized carbons (Fsp3) is 0.0833. The molecule has 0 aliphatic heterocycles. The molecule has 1 aliphatic rings. The maximum atomic E-state index is 10.1. The van der Waals surface area contributed by atoms with E-state index in [0.717, 1.165) is 17.5 Å². The van der Waals surface area contributed by atoms with Crippen LogP contribution in [0.4, 0.5) is 0 Å². The van der Waals surface area contributed by atoms with E-state index in [1.165, 1.54) is 27.6 Å². The summed E-state index contributed by atoms with van der Waals surface area (Å²) in [5.41, 5.74) is 7.49. The molecule has 0 bridgehead atoms. The molecule has 2 nitrogen and oxygen atoms in total. The van der Waals surface area contributed by atoms with Gasteiger partial charge in [-0.1, -0.05) is 60.7 Å². The maximum absolute atomic E-state index is 10.1. The number of para-hydroxylation sites is 1. The zero-order chi connectivity index (χ0) is 17.5. The molecule has 26 heavy (non-hydrogen) atoms. The van der Waals surface area contributed by atoms with Crippen molar-refractivity contribution in [2.45, 2.75) is 12.3 Å². The average molecular weight is 337 g/mol. The minimum atomic E-state index is 0.0851. The summed E-state index contributed by atoms with van der Waals surface area (Å²) in [6.45, 7) is 0. The van der Waals surface area contributed by atoms with Crippen molar-refractivity contribution < 1.29 is 5.11 Å². The van der Waals surface area contributed by atoms with Gasteiger partial charge in [0, 0.05) is 23.0 Å². The summed E-state index contributed by atoms with van der Waals surface area (Å²) in [6, 6.07) is 24.7. The number of benzene rings is 3. The lowest BCUT2D eigenvalue weighted by molar-refractivity contribution is 0.474. The Bertz CT molecular complexity index is 1140. The molecule has 1 atom stereocenters. The second-order valence-corrected chi connectivity index (χ2v) is 6.84. The molecule has 1 aromatic heterocycles. The summed E-state index contributed by atoms with van der Waals surface area (Å²) in [5, 5.41) is 11.3. The Labute approximate surface area is 152 Å². The monoisotopic (exact) mass is 337 g/mol. The standard InChI is InChI=1S/C24H19NO/c26-18-8-5-7-17(14-18)24(21-13-12-16-6-1-2-9-19(16)21)22-15-25-23-11-4-3-10-20(22)23/h1-11,13-15,24-26H,12H2. The first-order valence-corrected chi connectivity index (χ1v) is 8.94. The molecule has 2 N–H and O–H groups in total. The van der Waals surface area contributed by atoms with Gasteiger partial charge in [0.2, 0.25) is 0 Å². The van der Waals surface area contributed by atoms with Crippen LogP contribution in [0, 0.1) is 0 Å². The van der Waals surface area contributed by atoms with Crippen molar-refractivity contribution in [1.29, 1.82) is 0 Å². The van der Waals surface area contributed by atoms with Gasteiger partial charge in [-0.2, -0.15) is 0 Å². The molecule has 1 heterocycles. The van der Waals surface area contributed by atoms with Gasteiger partial charge in [0.1, 0.15) is 5.75 Å². The summed E-state index contributed by atoms with van der Waals surface area (Å²) < 4.78 is 0. The Hall–Kier alpha value is -3.26. The van der Waals surface area contributed by atoms with Gasteiger partial charge in [0.25, 0.3) is 0 Å². The fourth-order valence-electron chi connectivity index (χ4n) is 4.15. The van der Waals surface area contributed by atoms with Crippen LogP contribution in [-0.4, -0.2) is 10.1 Å². The molecule has 4 aromatic rings. The van der Waals surface area contributed by atoms with Crippen LogP contribution >= 0.6 is 0 Å². The zero-order valence-corrected chi connectivity index (χ0v) is 14.3. The first-order chi connectivity index (χ1) is 12.8. The number of aromatic nitrogens is 1. The fourth-order valence-corrected chi connectivity index (χ4v) is 4.15. The van der Waals surface area contributed by atoms with Crippen molar-refractivity contribution in [2.75, 3.05) is 0 Å². The van der Waals surface area contributed by atoms with Crippen LogP contribution in [0.25, 0.3) is 16.5 Å². The molecule has 126 valence electrons.